The molecule has 0 fully saturated rings. The summed E-state index contributed by atoms with van der Waals surface area (Å²) in [5, 5.41) is 0. The molecule has 0 radical (unpaired) electrons. The number of nitrogens with zero attached hydrogens (tertiary/aromatic N) is 1. The van der Waals surface area contributed by atoms with Gasteiger partial charge in [-0.2, -0.15) is 0 Å². The number of hydrogen-bond donors (Lipinski definition) is 0. The number of carbonyl (C=O) groups excluding carboxylic acids is 2. The number of unbranched alkanes of at least 4 members (excludes halogenated alkanes) is 2. The van der Waals surface area contributed by atoms with Gasteiger partial charge in [0.05, 0.1) is 0 Å². The Morgan fingerprint density at radius 3 is 2.04 bits per heavy atom. The lowest BCUT2D eigenvalue weighted by atomic mass is 10.1. The van der Waals surface area contributed by atoms with Gasteiger partial charge in [-0.1, -0.05) is 57.0 Å². The molecule has 0 aliphatic rings. The standard InChI is InChI=1S/C20H25NO3/c1-3-5-14-21(15-6-4-2)20(23)18-13-12-17(24-18)19(22)16-10-8-7-9-11-16/h7-13H,3-6,14-15H2,1-2H3. The van der Waals surface area contributed by atoms with Gasteiger partial charge in [0.2, 0.25) is 5.78 Å². The minimum absolute atomic E-state index is 0.135. The Hall–Kier alpha value is -2.36. The van der Waals surface area contributed by atoms with Crippen LogP contribution in [0.2, 0.25) is 0 Å². The largest absolute Gasteiger partial charge is 0.447 e. The summed E-state index contributed by atoms with van der Waals surface area (Å²) in [4.78, 5) is 26.8. The molecule has 24 heavy (non-hydrogen) atoms. The Kier molecular flexibility index (Phi) is 6.79. The van der Waals surface area contributed by atoms with Crippen LogP contribution >= 0.6 is 0 Å². The number of furan rings is 1. The molecule has 0 spiro atoms. The summed E-state index contributed by atoms with van der Waals surface area (Å²) in [7, 11) is 0. The quantitative estimate of drug-likeness (QED) is 0.635. The third kappa shape index (κ3) is 4.57. The van der Waals surface area contributed by atoms with Crippen molar-refractivity contribution in [3.05, 3.63) is 59.5 Å². The van der Waals surface area contributed by atoms with E-state index in [-0.39, 0.29) is 23.2 Å². The molecule has 1 heterocycles. The maximum Gasteiger partial charge on any atom is 0.289 e. The van der Waals surface area contributed by atoms with E-state index in [0.717, 1.165) is 38.8 Å². The van der Waals surface area contributed by atoms with Gasteiger partial charge in [0.15, 0.2) is 11.5 Å². The highest BCUT2D eigenvalue weighted by atomic mass is 16.4. The van der Waals surface area contributed by atoms with Gasteiger partial charge >= 0.3 is 0 Å². The van der Waals surface area contributed by atoms with Crippen molar-refractivity contribution in [3.8, 4) is 0 Å². The third-order valence-corrected chi connectivity index (χ3v) is 3.93. The molecule has 1 amide bonds. The molecule has 1 aromatic carbocycles. The molecule has 2 rings (SSSR count). The van der Waals surface area contributed by atoms with Crippen molar-refractivity contribution < 1.29 is 14.0 Å². The lowest BCUT2D eigenvalue weighted by Gasteiger charge is -2.21. The Labute approximate surface area is 143 Å². The van der Waals surface area contributed by atoms with Crippen molar-refractivity contribution in [2.45, 2.75) is 39.5 Å². The topological polar surface area (TPSA) is 50.5 Å². The van der Waals surface area contributed by atoms with Crippen molar-refractivity contribution in [2.24, 2.45) is 0 Å². The van der Waals surface area contributed by atoms with Gasteiger partial charge in [0.1, 0.15) is 0 Å². The Balaban J connectivity index is 2.12. The zero-order chi connectivity index (χ0) is 17.4. The zero-order valence-corrected chi connectivity index (χ0v) is 14.5. The maximum atomic E-state index is 12.6. The average Bonchev–Trinajstić information content (AvgIpc) is 3.11. The monoisotopic (exact) mass is 327 g/mol. The van der Waals surface area contributed by atoms with E-state index in [2.05, 4.69) is 13.8 Å². The first kappa shape index (κ1) is 18.0. The van der Waals surface area contributed by atoms with Crippen LogP contribution in [0.15, 0.2) is 46.9 Å². The van der Waals surface area contributed by atoms with Crippen molar-refractivity contribution >= 4 is 11.7 Å². The van der Waals surface area contributed by atoms with Gasteiger partial charge in [0, 0.05) is 18.7 Å². The summed E-state index contributed by atoms with van der Waals surface area (Å²) >= 11 is 0. The number of ketones is 1. The fraction of sp³-hybridized carbons (Fsp3) is 0.400. The highest BCUT2D eigenvalue weighted by Gasteiger charge is 2.21. The van der Waals surface area contributed by atoms with Crippen LogP contribution in [0.3, 0.4) is 0 Å². The molecule has 1 aromatic heterocycles. The van der Waals surface area contributed by atoms with Crippen molar-refractivity contribution in [3.63, 3.8) is 0 Å². The van der Waals surface area contributed by atoms with Crippen LogP contribution in [0.1, 0.15) is 66.2 Å². The molecule has 0 unspecified atom stereocenters. The highest BCUT2D eigenvalue weighted by Crippen LogP contribution is 2.16. The van der Waals surface area contributed by atoms with E-state index < -0.39 is 0 Å². The second-order valence-electron chi connectivity index (χ2n) is 5.86. The minimum Gasteiger partial charge on any atom is -0.447 e. The Morgan fingerprint density at radius 2 is 1.46 bits per heavy atom. The SMILES string of the molecule is CCCCN(CCCC)C(=O)c1ccc(C(=O)c2ccccc2)o1. The van der Waals surface area contributed by atoms with E-state index in [1.165, 1.54) is 0 Å². The molecule has 0 atom stereocenters. The molecule has 0 saturated heterocycles. The molecular weight excluding hydrogens is 302 g/mol. The smallest absolute Gasteiger partial charge is 0.289 e. The summed E-state index contributed by atoms with van der Waals surface area (Å²) in [6, 6.07) is 12.1. The van der Waals surface area contributed by atoms with E-state index in [0.29, 0.717) is 5.56 Å². The molecule has 128 valence electrons. The summed E-state index contributed by atoms with van der Waals surface area (Å²) in [6.07, 6.45) is 4.00. The predicted molar refractivity (Wildman–Crippen MR) is 94.3 cm³/mol. The van der Waals surface area contributed by atoms with Crippen LogP contribution < -0.4 is 0 Å². The molecule has 4 heteroatoms. The average molecular weight is 327 g/mol. The Bertz CT molecular complexity index is 653. The van der Waals surface area contributed by atoms with Crippen LogP contribution in [0.5, 0.6) is 0 Å². The lowest BCUT2D eigenvalue weighted by Crippen LogP contribution is -2.32. The van der Waals surface area contributed by atoms with E-state index >= 15 is 0 Å². The molecular formula is C20H25NO3. The number of rotatable bonds is 9. The molecule has 4 nitrogen and oxygen atoms in total. The van der Waals surface area contributed by atoms with E-state index in [1.54, 1.807) is 36.4 Å². The normalized spacial score (nSPS) is 10.6. The van der Waals surface area contributed by atoms with E-state index in [1.807, 2.05) is 11.0 Å². The molecule has 0 aliphatic carbocycles. The first-order chi connectivity index (χ1) is 11.7. The third-order valence-electron chi connectivity index (χ3n) is 3.93. The molecule has 0 N–H and O–H groups in total. The van der Waals surface area contributed by atoms with E-state index in [4.69, 9.17) is 4.42 Å². The summed E-state index contributed by atoms with van der Waals surface area (Å²) in [6.45, 7) is 5.65. The number of benzene rings is 1. The molecule has 0 saturated carbocycles. The second kappa shape index (κ2) is 9.06. The maximum absolute atomic E-state index is 12.6. The predicted octanol–water partition coefficient (Wildman–Crippen LogP) is 4.55. The van der Waals surface area contributed by atoms with E-state index in [9.17, 15) is 9.59 Å². The number of amides is 1. The van der Waals surface area contributed by atoms with Gasteiger partial charge in [0.25, 0.3) is 5.91 Å². The van der Waals surface area contributed by atoms with Crippen molar-refractivity contribution in [1.82, 2.24) is 4.90 Å². The highest BCUT2D eigenvalue weighted by molar-refractivity contribution is 6.07. The van der Waals surface area contributed by atoms with Crippen LogP contribution in [-0.2, 0) is 0 Å². The van der Waals surface area contributed by atoms with Crippen LogP contribution in [0, 0.1) is 0 Å². The Morgan fingerprint density at radius 1 is 0.875 bits per heavy atom. The van der Waals surface area contributed by atoms with Gasteiger partial charge in [-0.25, -0.2) is 0 Å². The zero-order valence-electron chi connectivity index (χ0n) is 14.5. The summed E-state index contributed by atoms with van der Waals surface area (Å²) < 4.78 is 5.56. The van der Waals surface area contributed by atoms with Gasteiger partial charge in [-0.05, 0) is 25.0 Å². The minimum atomic E-state index is -0.205. The second-order valence-corrected chi connectivity index (χ2v) is 5.86. The number of hydrogen-bond acceptors (Lipinski definition) is 3. The van der Waals surface area contributed by atoms with Crippen molar-refractivity contribution in [2.75, 3.05) is 13.1 Å². The van der Waals surface area contributed by atoms with Crippen LogP contribution in [0.4, 0.5) is 0 Å². The van der Waals surface area contributed by atoms with Crippen molar-refractivity contribution in [1.29, 1.82) is 0 Å². The number of carbonyl (C=O) groups is 2. The molecule has 0 bridgehead atoms. The lowest BCUT2D eigenvalue weighted by molar-refractivity contribution is 0.0716. The van der Waals surface area contributed by atoms with Crippen LogP contribution in [0.25, 0.3) is 0 Å². The fourth-order valence-corrected chi connectivity index (χ4v) is 2.48. The summed E-state index contributed by atoms with van der Waals surface area (Å²) in [5.74, 6) is 0.101. The fourth-order valence-electron chi connectivity index (χ4n) is 2.48. The van der Waals surface area contributed by atoms with Gasteiger partial charge in [-0.15, -0.1) is 0 Å². The molecule has 2 aromatic rings. The van der Waals surface area contributed by atoms with Gasteiger partial charge in [-0.3, -0.25) is 9.59 Å². The first-order valence-electron chi connectivity index (χ1n) is 8.66. The molecule has 0 aliphatic heterocycles. The van der Waals surface area contributed by atoms with Crippen LogP contribution in [-0.4, -0.2) is 29.7 Å². The first-order valence-corrected chi connectivity index (χ1v) is 8.66. The van der Waals surface area contributed by atoms with Gasteiger partial charge < -0.3 is 9.32 Å². The summed E-state index contributed by atoms with van der Waals surface area (Å²) in [5.41, 5.74) is 0.555.